The lowest BCUT2D eigenvalue weighted by molar-refractivity contribution is 0.0935. The second kappa shape index (κ2) is 5.77. The van der Waals surface area contributed by atoms with Crippen LogP contribution in [0.5, 0.6) is 0 Å². The van der Waals surface area contributed by atoms with Crippen LogP contribution >= 0.6 is 0 Å². The highest BCUT2D eigenvalue weighted by molar-refractivity contribution is 6.04. The lowest BCUT2D eigenvalue weighted by Crippen LogP contribution is -2.29. The van der Waals surface area contributed by atoms with Gasteiger partial charge in [0.05, 0.1) is 17.1 Å². The molecule has 0 aliphatic heterocycles. The standard InChI is InChI=1S/C16H14N4O2/c1-10(13-8-4-5-9-17-13)18-16(22)14-11-6-2-3-7-12(11)15(21)20-19-14/h2-10H,1H3,(H,18,22)(H,20,21)/t10-/m0/s1. The maximum Gasteiger partial charge on any atom is 0.272 e. The van der Waals surface area contributed by atoms with E-state index in [1.54, 1.807) is 30.5 Å². The number of carbonyl (C=O) groups is 1. The van der Waals surface area contributed by atoms with E-state index in [2.05, 4.69) is 20.5 Å². The first-order valence-corrected chi connectivity index (χ1v) is 6.86. The maximum atomic E-state index is 12.4. The molecule has 0 aliphatic carbocycles. The first-order valence-electron chi connectivity index (χ1n) is 6.86. The lowest BCUT2D eigenvalue weighted by atomic mass is 10.1. The third-order valence-electron chi connectivity index (χ3n) is 3.39. The highest BCUT2D eigenvalue weighted by atomic mass is 16.2. The van der Waals surface area contributed by atoms with Gasteiger partial charge in [0.15, 0.2) is 5.69 Å². The number of pyridine rings is 1. The normalized spacial score (nSPS) is 12.0. The highest BCUT2D eigenvalue weighted by Crippen LogP contribution is 2.14. The summed E-state index contributed by atoms with van der Waals surface area (Å²) in [5.41, 5.74) is 0.632. The van der Waals surface area contributed by atoms with E-state index < -0.39 is 0 Å². The van der Waals surface area contributed by atoms with E-state index in [0.29, 0.717) is 10.8 Å². The molecule has 0 spiro atoms. The summed E-state index contributed by atoms with van der Waals surface area (Å²) < 4.78 is 0. The Morgan fingerprint density at radius 3 is 2.59 bits per heavy atom. The van der Waals surface area contributed by atoms with Crippen LogP contribution in [0.15, 0.2) is 53.5 Å². The van der Waals surface area contributed by atoms with Crippen molar-refractivity contribution in [2.24, 2.45) is 0 Å². The van der Waals surface area contributed by atoms with E-state index in [9.17, 15) is 9.59 Å². The van der Waals surface area contributed by atoms with Crippen LogP contribution in [0.4, 0.5) is 0 Å². The fourth-order valence-corrected chi connectivity index (χ4v) is 2.26. The Bertz CT molecular complexity index is 874. The summed E-state index contributed by atoms with van der Waals surface area (Å²) in [5.74, 6) is -0.356. The molecule has 1 amide bonds. The summed E-state index contributed by atoms with van der Waals surface area (Å²) in [4.78, 5) is 28.4. The Balaban J connectivity index is 1.93. The zero-order valence-corrected chi connectivity index (χ0v) is 11.9. The Labute approximate surface area is 126 Å². The van der Waals surface area contributed by atoms with Gasteiger partial charge in [-0.1, -0.05) is 24.3 Å². The van der Waals surface area contributed by atoms with Gasteiger partial charge in [-0.25, -0.2) is 5.10 Å². The number of rotatable bonds is 3. The highest BCUT2D eigenvalue weighted by Gasteiger charge is 2.17. The van der Waals surface area contributed by atoms with Gasteiger partial charge >= 0.3 is 0 Å². The van der Waals surface area contributed by atoms with Gasteiger partial charge in [0.2, 0.25) is 0 Å². The number of benzene rings is 1. The molecule has 2 N–H and O–H groups in total. The molecular formula is C16H14N4O2. The van der Waals surface area contributed by atoms with Gasteiger partial charge in [-0.05, 0) is 25.1 Å². The van der Waals surface area contributed by atoms with E-state index in [0.717, 1.165) is 5.69 Å². The predicted molar refractivity (Wildman–Crippen MR) is 82.5 cm³/mol. The quantitative estimate of drug-likeness (QED) is 0.771. The Hall–Kier alpha value is -3.02. The van der Waals surface area contributed by atoms with Crippen LogP contribution in [0.1, 0.15) is 29.1 Å². The minimum atomic E-state index is -0.356. The fraction of sp³-hybridized carbons (Fsp3) is 0.125. The Kier molecular flexibility index (Phi) is 3.65. The summed E-state index contributed by atoms with van der Waals surface area (Å²) in [6, 6.07) is 12.1. The SMILES string of the molecule is C[C@H](NC(=O)c1n[nH]c(=O)c2ccccc12)c1ccccn1. The summed E-state index contributed by atoms with van der Waals surface area (Å²) in [5, 5.41) is 10.0. The molecule has 0 bridgehead atoms. The van der Waals surface area contributed by atoms with Crippen molar-refractivity contribution in [1.29, 1.82) is 0 Å². The zero-order valence-electron chi connectivity index (χ0n) is 11.9. The molecule has 2 aromatic heterocycles. The van der Waals surface area contributed by atoms with E-state index in [1.165, 1.54) is 0 Å². The minimum Gasteiger partial charge on any atom is -0.343 e. The van der Waals surface area contributed by atoms with Gasteiger partial charge in [-0.3, -0.25) is 14.6 Å². The van der Waals surface area contributed by atoms with Gasteiger partial charge in [0.25, 0.3) is 11.5 Å². The predicted octanol–water partition coefficient (Wildman–Crippen LogP) is 1.81. The number of carbonyl (C=O) groups excluding carboxylic acids is 1. The molecule has 3 rings (SSSR count). The van der Waals surface area contributed by atoms with Crippen molar-refractivity contribution in [3.05, 3.63) is 70.4 Å². The molecule has 0 fully saturated rings. The lowest BCUT2D eigenvalue weighted by Gasteiger charge is -2.13. The van der Waals surface area contributed by atoms with E-state index >= 15 is 0 Å². The molecule has 0 aliphatic rings. The summed E-state index contributed by atoms with van der Waals surface area (Å²) >= 11 is 0. The van der Waals surface area contributed by atoms with Gasteiger partial charge in [-0.2, -0.15) is 5.10 Å². The summed E-state index contributed by atoms with van der Waals surface area (Å²) in [6.07, 6.45) is 1.67. The monoisotopic (exact) mass is 294 g/mol. The molecule has 3 aromatic rings. The number of hydrogen-bond donors (Lipinski definition) is 2. The van der Waals surface area contributed by atoms with Gasteiger partial charge in [0, 0.05) is 11.6 Å². The second-order valence-corrected chi connectivity index (χ2v) is 4.90. The van der Waals surface area contributed by atoms with Gasteiger partial charge in [0.1, 0.15) is 0 Å². The van der Waals surface area contributed by atoms with E-state index in [1.807, 2.05) is 25.1 Å². The molecule has 0 unspecified atom stereocenters. The third kappa shape index (κ3) is 2.58. The van der Waals surface area contributed by atoms with Crippen LogP contribution in [0.3, 0.4) is 0 Å². The number of H-pyrrole nitrogens is 1. The number of nitrogens with zero attached hydrogens (tertiary/aromatic N) is 2. The maximum absolute atomic E-state index is 12.4. The largest absolute Gasteiger partial charge is 0.343 e. The van der Waals surface area contributed by atoms with E-state index in [4.69, 9.17) is 0 Å². The topological polar surface area (TPSA) is 87.7 Å². The molecule has 22 heavy (non-hydrogen) atoms. The van der Waals surface area contributed by atoms with Crippen molar-refractivity contribution in [2.45, 2.75) is 13.0 Å². The molecule has 110 valence electrons. The minimum absolute atomic E-state index is 0.193. The Morgan fingerprint density at radius 1 is 1.14 bits per heavy atom. The number of hydrogen-bond acceptors (Lipinski definition) is 4. The van der Waals surface area contributed by atoms with Crippen molar-refractivity contribution in [2.75, 3.05) is 0 Å². The average Bonchev–Trinajstić information content (AvgIpc) is 2.56. The molecule has 2 heterocycles. The van der Waals surface area contributed by atoms with Crippen LogP contribution in [-0.2, 0) is 0 Å². The molecule has 0 radical (unpaired) electrons. The number of fused-ring (bicyclic) bond motifs is 1. The van der Waals surface area contributed by atoms with Crippen LogP contribution in [0.2, 0.25) is 0 Å². The van der Waals surface area contributed by atoms with Gasteiger partial charge < -0.3 is 5.32 Å². The summed E-state index contributed by atoms with van der Waals surface area (Å²) in [6.45, 7) is 1.84. The molecular weight excluding hydrogens is 280 g/mol. The molecule has 0 saturated heterocycles. The molecule has 6 nitrogen and oxygen atoms in total. The first kappa shape index (κ1) is 13.9. The number of aromatic amines is 1. The zero-order chi connectivity index (χ0) is 15.5. The smallest absolute Gasteiger partial charge is 0.272 e. The number of nitrogens with one attached hydrogen (secondary N) is 2. The molecule has 1 atom stereocenters. The van der Waals surface area contributed by atoms with Crippen LogP contribution in [-0.4, -0.2) is 21.1 Å². The fourth-order valence-electron chi connectivity index (χ4n) is 2.26. The average molecular weight is 294 g/mol. The van der Waals surface area contributed by atoms with Crippen LogP contribution < -0.4 is 10.9 Å². The van der Waals surface area contributed by atoms with Crippen molar-refractivity contribution in [3.8, 4) is 0 Å². The Morgan fingerprint density at radius 2 is 1.86 bits per heavy atom. The first-order chi connectivity index (χ1) is 10.7. The van der Waals surface area contributed by atoms with Gasteiger partial charge in [-0.15, -0.1) is 0 Å². The van der Waals surface area contributed by atoms with Crippen molar-refractivity contribution < 1.29 is 4.79 Å². The molecule has 1 aromatic carbocycles. The van der Waals surface area contributed by atoms with Crippen molar-refractivity contribution in [1.82, 2.24) is 20.5 Å². The number of amides is 1. The second-order valence-electron chi connectivity index (χ2n) is 4.90. The third-order valence-corrected chi connectivity index (χ3v) is 3.39. The number of aromatic nitrogens is 3. The van der Waals surface area contributed by atoms with Crippen LogP contribution in [0, 0.1) is 0 Å². The molecule has 0 saturated carbocycles. The van der Waals surface area contributed by atoms with E-state index in [-0.39, 0.29) is 23.2 Å². The summed E-state index contributed by atoms with van der Waals surface area (Å²) in [7, 11) is 0. The van der Waals surface area contributed by atoms with Crippen LogP contribution in [0.25, 0.3) is 10.8 Å². The molecule has 6 heteroatoms. The van der Waals surface area contributed by atoms with Crippen molar-refractivity contribution in [3.63, 3.8) is 0 Å². The van der Waals surface area contributed by atoms with Crippen molar-refractivity contribution >= 4 is 16.7 Å².